The van der Waals surface area contributed by atoms with Crippen LogP contribution in [-0.4, -0.2) is 17.8 Å². The Morgan fingerprint density at radius 1 is 1.32 bits per heavy atom. The number of nitrogens with two attached hydrogens (primary N) is 1. The van der Waals surface area contributed by atoms with Crippen LogP contribution in [0.2, 0.25) is 0 Å². The van der Waals surface area contributed by atoms with E-state index in [0.717, 1.165) is 6.54 Å². The second kappa shape index (κ2) is 6.50. The van der Waals surface area contributed by atoms with Crippen LogP contribution in [0.3, 0.4) is 0 Å². The van der Waals surface area contributed by atoms with Crippen LogP contribution in [0.15, 0.2) is 47.2 Å². The van der Waals surface area contributed by atoms with Crippen LogP contribution >= 0.6 is 11.3 Å². The first kappa shape index (κ1) is 13.8. The normalized spacial score (nSPS) is 12.5. The number of thiophene rings is 1. The summed E-state index contributed by atoms with van der Waals surface area (Å²) in [5.41, 5.74) is 8.11. The second-order valence-electron chi connectivity index (χ2n) is 4.70. The van der Waals surface area contributed by atoms with Crippen LogP contribution in [-0.2, 0) is 6.54 Å². The van der Waals surface area contributed by atoms with Gasteiger partial charge in [-0.25, -0.2) is 0 Å². The Morgan fingerprint density at radius 2 is 2.05 bits per heavy atom. The Balaban J connectivity index is 2.15. The van der Waals surface area contributed by atoms with E-state index in [1.54, 1.807) is 11.3 Å². The number of benzene rings is 1. The fourth-order valence-corrected chi connectivity index (χ4v) is 2.85. The Morgan fingerprint density at radius 3 is 2.63 bits per heavy atom. The van der Waals surface area contributed by atoms with Crippen LogP contribution in [0.5, 0.6) is 0 Å². The summed E-state index contributed by atoms with van der Waals surface area (Å²) in [4.78, 5) is 2.25. The fourth-order valence-electron chi connectivity index (χ4n) is 2.19. The van der Waals surface area contributed by atoms with Crippen LogP contribution in [0.4, 0.5) is 0 Å². The van der Waals surface area contributed by atoms with Crippen molar-refractivity contribution in [2.45, 2.75) is 19.0 Å². The average Bonchev–Trinajstić information content (AvgIpc) is 2.89. The number of hydrogen-bond acceptors (Lipinski definition) is 3. The van der Waals surface area contributed by atoms with Gasteiger partial charge in [0.2, 0.25) is 0 Å². The van der Waals surface area contributed by atoms with Gasteiger partial charge in [0.25, 0.3) is 0 Å². The van der Waals surface area contributed by atoms with Crippen molar-refractivity contribution in [3.8, 4) is 0 Å². The Kier molecular flexibility index (Phi) is 4.71. The molecule has 1 atom stereocenters. The molecule has 0 saturated heterocycles. The van der Waals surface area contributed by atoms with Crippen LogP contribution in [0.25, 0.3) is 0 Å². The van der Waals surface area contributed by atoms with E-state index in [-0.39, 0.29) is 11.9 Å². The topological polar surface area (TPSA) is 53.1 Å². The van der Waals surface area contributed by atoms with Gasteiger partial charge in [0, 0.05) is 19.0 Å². The molecule has 19 heavy (non-hydrogen) atoms. The number of rotatable bonds is 6. The number of nitrogens with zero attached hydrogens (tertiary/aromatic N) is 1. The summed E-state index contributed by atoms with van der Waals surface area (Å²) in [6.45, 7) is 0.871. The lowest BCUT2D eigenvalue weighted by atomic mass is 10.0. The van der Waals surface area contributed by atoms with Crippen molar-refractivity contribution in [1.29, 1.82) is 5.41 Å². The maximum atomic E-state index is 7.57. The van der Waals surface area contributed by atoms with Gasteiger partial charge in [0.15, 0.2) is 0 Å². The molecule has 0 saturated carbocycles. The average molecular weight is 273 g/mol. The molecule has 3 N–H and O–H groups in total. The van der Waals surface area contributed by atoms with Gasteiger partial charge >= 0.3 is 0 Å². The molecular weight excluding hydrogens is 254 g/mol. The summed E-state index contributed by atoms with van der Waals surface area (Å²) in [7, 11) is 2.08. The number of amidine groups is 1. The van der Waals surface area contributed by atoms with Crippen molar-refractivity contribution in [1.82, 2.24) is 4.90 Å². The third-order valence-electron chi connectivity index (χ3n) is 3.14. The molecular formula is C15H19N3S. The molecule has 0 aliphatic rings. The molecule has 2 rings (SSSR count). The lowest BCUT2D eigenvalue weighted by molar-refractivity contribution is 0.241. The minimum atomic E-state index is 0.151. The van der Waals surface area contributed by atoms with Crippen molar-refractivity contribution >= 4 is 17.2 Å². The molecule has 0 bridgehead atoms. The molecule has 1 aromatic carbocycles. The first-order chi connectivity index (χ1) is 9.16. The highest BCUT2D eigenvalue weighted by molar-refractivity contribution is 7.07. The minimum Gasteiger partial charge on any atom is -0.388 e. The van der Waals surface area contributed by atoms with Gasteiger partial charge in [0.1, 0.15) is 0 Å². The Labute approximate surface area is 118 Å². The zero-order valence-corrected chi connectivity index (χ0v) is 11.9. The molecule has 0 fully saturated rings. The van der Waals surface area contributed by atoms with Crippen molar-refractivity contribution in [3.05, 3.63) is 58.3 Å². The molecule has 100 valence electrons. The second-order valence-corrected chi connectivity index (χ2v) is 5.48. The van der Waals surface area contributed by atoms with Gasteiger partial charge in [-0.15, -0.1) is 0 Å². The van der Waals surface area contributed by atoms with E-state index >= 15 is 0 Å². The summed E-state index contributed by atoms with van der Waals surface area (Å²) in [5.74, 6) is 0.228. The highest BCUT2D eigenvalue weighted by atomic mass is 32.1. The Bertz CT molecular complexity index is 507. The molecule has 3 nitrogen and oxygen atoms in total. The van der Waals surface area contributed by atoms with Gasteiger partial charge in [0.05, 0.1) is 5.84 Å². The van der Waals surface area contributed by atoms with Gasteiger partial charge < -0.3 is 5.73 Å². The molecule has 0 spiro atoms. The molecule has 1 heterocycles. The summed E-state index contributed by atoms with van der Waals surface area (Å²) < 4.78 is 0. The van der Waals surface area contributed by atoms with E-state index in [9.17, 15) is 0 Å². The van der Waals surface area contributed by atoms with Crippen LogP contribution < -0.4 is 5.73 Å². The van der Waals surface area contributed by atoms with E-state index in [2.05, 4.69) is 40.9 Å². The molecule has 0 radical (unpaired) electrons. The van der Waals surface area contributed by atoms with E-state index < -0.39 is 0 Å². The van der Waals surface area contributed by atoms with E-state index in [1.165, 1.54) is 11.1 Å². The van der Waals surface area contributed by atoms with E-state index in [1.807, 2.05) is 18.2 Å². The zero-order valence-electron chi connectivity index (χ0n) is 11.0. The third kappa shape index (κ3) is 3.91. The molecule has 0 amide bonds. The number of hydrogen-bond donors (Lipinski definition) is 2. The SMILES string of the molecule is CN(Cc1ccsc1)C(CC(=N)N)c1ccccc1. The molecule has 2 aromatic rings. The van der Waals surface area contributed by atoms with E-state index in [4.69, 9.17) is 11.1 Å². The van der Waals surface area contributed by atoms with Crippen molar-refractivity contribution < 1.29 is 0 Å². The predicted octanol–water partition coefficient (Wildman–Crippen LogP) is 3.25. The summed E-state index contributed by atoms with van der Waals surface area (Å²) >= 11 is 1.71. The van der Waals surface area contributed by atoms with Gasteiger partial charge in [-0.2, -0.15) is 11.3 Å². The van der Waals surface area contributed by atoms with Crippen molar-refractivity contribution in [2.24, 2.45) is 5.73 Å². The standard InChI is InChI=1S/C15H19N3S/c1-18(10-12-7-8-19-11-12)14(9-15(16)17)13-5-3-2-4-6-13/h2-8,11,14H,9-10H2,1H3,(H3,16,17). The summed E-state index contributed by atoms with van der Waals surface area (Å²) in [6, 6.07) is 12.5. The molecule has 0 aliphatic carbocycles. The predicted molar refractivity (Wildman–Crippen MR) is 81.5 cm³/mol. The zero-order chi connectivity index (χ0) is 13.7. The Hall–Kier alpha value is -1.65. The van der Waals surface area contributed by atoms with E-state index in [0.29, 0.717) is 6.42 Å². The maximum Gasteiger partial charge on any atom is 0.0924 e. The smallest absolute Gasteiger partial charge is 0.0924 e. The highest BCUT2D eigenvalue weighted by Crippen LogP contribution is 2.24. The monoisotopic (exact) mass is 273 g/mol. The molecule has 1 aromatic heterocycles. The summed E-state index contributed by atoms with van der Waals surface area (Å²) in [6.07, 6.45) is 0.560. The highest BCUT2D eigenvalue weighted by Gasteiger charge is 2.18. The largest absolute Gasteiger partial charge is 0.388 e. The first-order valence-corrected chi connectivity index (χ1v) is 7.20. The minimum absolute atomic E-state index is 0.151. The van der Waals surface area contributed by atoms with Crippen LogP contribution in [0.1, 0.15) is 23.6 Å². The molecule has 1 unspecified atom stereocenters. The summed E-state index contributed by atoms with van der Waals surface area (Å²) in [5, 5.41) is 11.8. The van der Waals surface area contributed by atoms with Crippen LogP contribution in [0, 0.1) is 5.41 Å². The lowest BCUT2D eigenvalue weighted by Crippen LogP contribution is -2.28. The maximum absolute atomic E-state index is 7.57. The quantitative estimate of drug-likeness (QED) is 0.627. The van der Waals surface area contributed by atoms with Gasteiger partial charge in [-0.1, -0.05) is 30.3 Å². The van der Waals surface area contributed by atoms with Crippen molar-refractivity contribution in [3.63, 3.8) is 0 Å². The lowest BCUT2D eigenvalue weighted by Gasteiger charge is -2.28. The number of nitrogens with one attached hydrogen (secondary N) is 1. The third-order valence-corrected chi connectivity index (χ3v) is 3.87. The van der Waals surface area contributed by atoms with Gasteiger partial charge in [-0.3, -0.25) is 10.3 Å². The molecule has 4 heteroatoms. The molecule has 0 aliphatic heterocycles. The fraction of sp³-hybridized carbons (Fsp3) is 0.267. The first-order valence-electron chi connectivity index (χ1n) is 6.26. The van der Waals surface area contributed by atoms with Gasteiger partial charge in [-0.05, 0) is 35.0 Å². The van der Waals surface area contributed by atoms with Crippen molar-refractivity contribution in [2.75, 3.05) is 7.05 Å².